The molecule has 32 heavy (non-hydrogen) atoms. The summed E-state index contributed by atoms with van der Waals surface area (Å²) < 4.78 is 22.7. The Balaban J connectivity index is 1.55. The SMILES string of the molecule is COc1cc2c3c(cc4cc5c(cc4c3c1OC)OCO5)N(CCN1CCCCC1)C2=O. The van der Waals surface area contributed by atoms with Crippen molar-refractivity contribution in [1.29, 1.82) is 0 Å². The Morgan fingerprint density at radius 3 is 2.44 bits per heavy atom. The standard InChI is InChI=1S/C25H26N2O5/c1-29-21-13-17-22-18(27(25(17)28)9-8-26-6-4-3-5-7-26)10-15-11-19-20(32-14-31-19)12-16(15)23(22)24(21)30-2/h10-13H,3-9,14H2,1-2H3. The summed E-state index contributed by atoms with van der Waals surface area (Å²) in [7, 11) is 3.24. The van der Waals surface area contributed by atoms with Crippen molar-refractivity contribution in [2.24, 2.45) is 0 Å². The maximum absolute atomic E-state index is 13.6. The van der Waals surface area contributed by atoms with Gasteiger partial charge in [0.05, 0.1) is 25.5 Å². The maximum Gasteiger partial charge on any atom is 0.259 e. The van der Waals surface area contributed by atoms with Crippen molar-refractivity contribution in [2.45, 2.75) is 19.3 Å². The molecule has 0 radical (unpaired) electrons. The summed E-state index contributed by atoms with van der Waals surface area (Å²) in [6.07, 6.45) is 3.76. The lowest BCUT2D eigenvalue weighted by Crippen LogP contribution is -2.39. The smallest absolute Gasteiger partial charge is 0.259 e. The summed E-state index contributed by atoms with van der Waals surface area (Å²) in [6.45, 7) is 3.95. The Kier molecular flexibility index (Phi) is 4.54. The first-order valence-electron chi connectivity index (χ1n) is 11.2. The van der Waals surface area contributed by atoms with Crippen molar-refractivity contribution in [2.75, 3.05) is 52.1 Å². The number of anilines is 1. The number of hydrogen-bond donors (Lipinski definition) is 0. The van der Waals surface area contributed by atoms with Crippen molar-refractivity contribution in [1.82, 2.24) is 4.90 Å². The molecule has 3 aliphatic rings. The van der Waals surface area contributed by atoms with Crippen molar-refractivity contribution in [3.05, 3.63) is 29.8 Å². The molecule has 3 aromatic carbocycles. The van der Waals surface area contributed by atoms with E-state index in [2.05, 4.69) is 11.0 Å². The third-order valence-electron chi connectivity index (χ3n) is 6.89. The molecule has 7 nitrogen and oxygen atoms in total. The zero-order chi connectivity index (χ0) is 21.8. The Morgan fingerprint density at radius 2 is 1.69 bits per heavy atom. The summed E-state index contributed by atoms with van der Waals surface area (Å²) in [5, 5.41) is 3.72. The second-order valence-electron chi connectivity index (χ2n) is 8.59. The van der Waals surface area contributed by atoms with Crippen LogP contribution in [0.5, 0.6) is 23.0 Å². The molecule has 1 fully saturated rings. The molecule has 0 aliphatic carbocycles. The van der Waals surface area contributed by atoms with Crippen LogP contribution in [0.25, 0.3) is 21.5 Å². The van der Waals surface area contributed by atoms with E-state index in [0.717, 1.165) is 52.6 Å². The van der Waals surface area contributed by atoms with Gasteiger partial charge in [0.1, 0.15) is 0 Å². The maximum atomic E-state index is 13.6. The van der Waals surface area contributed by atoms with E-state index in [4.69, 9.17) is 18.9 Å². The molecule has 0 unspecified atom stereocenters. The van der Waals surface area contributed by atoms with Crippen molar-refractivity contribution < 1.29 is 23.7 Å². The monoisotopic (exact) mass is 434 g/mol. The minimum atomic E-state index is 0.0123. The predicted molar refractivity (Wildman–Crippen MR) is 123 cm³/mol. The van der Waals surface area contributed by atoms with Gasteiger partial charge in [-0.1, -0.05) is 6.42 Å². The van der Waals surface area contributed by atoms with Gasteiger partial charge in [-0.05, 0) is 61.0 Å². The lowest BCUT2D eigenvalue weighted by atomic mass is 9.96. The van der Waals surface area contributed by atoms with Gasteiger partial charge in [0.15, 0.2) is 23.0 Å². The van der Waals surface area contributed by atoms with Crippen LogP contribution in [-0.4, -0.2) is 58.0 Å². The van der Waals surface area contributed by atoms with E-state index in [9.17, 15) is 4.79 Å². The lowest BCUT2D eigenvalue weighted by molar-refractivity contribution is 0.0988. The fourth-order valence-corrected chi connectivity index (χ4v) is 5.31. The summed E-state index contributed by atoms with van der Waals surface area (Å²) in [5.41, 5.74) is 1.58. The highest BCUT2D eigenvalue weighted by atomic mass is 16.7. The van der Waals surface area contributed by atoms with E-state index < -0.39 is 0 Å². The largest absolute Gasteiger partial charge is 0.493 e. The number of nitrogens with zero attached hydrogens (tertiary/aromatic N) is 2. The van der Waals surface area contributed by atoms with Crippen LogP contribution in [0.3, 0.4) is 0 Å². The molecule has 1 saturated heterocycles. The quantitative estimate of drug-likeness (QED) is 0.562. The highest BCUT2D eigenvalue weighted by Crippen LogP contribution is 2.51. The lowest BCUT2D eigenvalue weighted by Gasteiger charge is -2.28. The first kappa shape index (κ1) is 19.5. The van der Waals surface area contributed by atoms with Crippen LogP contribution < -0.4 is 23.8 Å². The summed E-state index contributed by atoms with van der Waals surface area (Å²) in [4.78, 5) is 17.9. The van der Waals surface area contributed by atoms with E-state index in [1.807, 2.05) is 23.1 Å². The first-order chi connectivity index (χ1) is 15.7. The van der Waals surface area contributed by atoms with Crippen LogP contribution in [0.1, 0.15) is 29.6 Å². The van der Waals surface area contributed by atoms with Crippen molar-refractivity contribution in [3.8, 4) is 23.0 Å². The van der Waals surface area contributed by atoms with E-state index in [0.29, 0.717) is 29.4 Å². The fraction of sp³-hybridized carbons (Fsp3) is 0.400. The normalized spacial score (nSPS) is 17.6. The van der Waals surface area contributed by atoms with Gasteiger partial charge in [0, 0.05) is 23.9 Å². The molecule has 0 N–H and O–H groups in total. The molecule has 0 atom stereocenters. The molecule has 166 valence electrons. The molecular weight excluding hydrogens is 408 g/mol. The van der Waals surface area contributed by atoms with E-state index in [1.165, 1.54) is 19.3 Å². The molecule has 7 heteroatoms. The Labute approximate surface area is 186 Å². The molecule has 3 aromatic rings. The van der Waals surface area contributed by atoms with Gasteiger partial charge in [0.25, 0.3) is 5.91 Å². The number of carbonyl (C=O) groups excluding carboxylic acids is 1. The second kappa shape index (κ2) is 7.45. The van der Waals surface area contributed by atoms with Crippen LogP contribution in [0.2, 0.25) is 0 Å². The number of fused-ring (bicyclic) bond motifs is 3. The minimum Gasteiger partial charge on any atom is -0.493 e. The molecule has 3 heterocycles. The summed E-state index contributed by atoms with van der Waals surface area (Å²) in [6, 6.07) is 7.87. The molecular formula is C25H26N2O5. The molecule has 0 bridgehead atoms. The number of amides is 1. The zero-order valence-corrected chi connectivity index (χ0v) is 18.4. The minimum absolute atomic E-state index is 0.0123. The third kappa shape index (κ3) is 2.80. The van der Waals surface area contributed by atoms with Crippen LogP contribution >= 0.6 is 0 Å². The van der Waals surface area contributed by atoms with E-state index >= 15 is 0 Å². The molecule has 0 spiro atoms. The molecule has 0 aromatic heterocycles. The average Bonchev–Trinajstić information content (AvgIpc) is 3.39. The van der Waals surface area contributed by atoms with Gasteiger partial charge in [-0.3, -0.25) is 4.79 Å². The molecule has 3 aliphatic heterocycles. The van der Waals surface area contributed by atoms with E-state index in [-0.39, 0.29) is 12.7 Å². The van der Waals surface area contributed by atoms with Gasteiger partial charge in [0.2, 0.25) is 6.79 Å². The second-order valence-corrected chi connectivity index (χ2v) is 8.59. The van der Waals surface area contributed by atoms with Gasteiger partial charge in [-0.15, -0.1) is 0 Å². The number of carbonyl (C=O) groups is 1. The zero-order valence-electron chi connectivity index (χ0n) is 18.4. The van der Waals surface area contributed by atoms with E-state index in [1.54, 1.807) is 14.2 Å². The number of likely N-dealkylation sites (tertiary alicyclic amines) is 1. The topological polar surface area (TPSA) is 60.5 Å². The highest BCUT2D eigenvalue weighted by Gasteiger charge is 2.34. The highest BCUT2D eigenvalue weighted by molar-refractivity contribution is 6.31. The Morgan fingerprint density at radius 1 is 0.906 bits per heavy atom. The fourth-order valence-electron chi connectivity index (χ4n) is 5.31. The van der Waals surface area contributed by atoms with Gasteiger partial charge >= 0.3 is 0 Å². The van der Waals surface area contributed by atoms with Crippen LogP contribution in [0.4, 0.5) is 5.69 Å². The average molecular weight is 434 g/mol. The van der Waals surface area contributed by atoms with Gasteiger partial charge in [-0.25, -0.2) is 0 Å². The number of rotatable bonds is 5. The Hall–Kier alpha value is -3.19. The number of piperidine rings is 1. The first-order valence-corrected chi connectivity index (χ1v) is 11.2. The van der Waals surface area contributed by atoms with Crippen LogP contribution in [-0.2, 0) is 0 Å². The number of ether oxygens (including phenoxy) is 4. The van der Waals surface area contributed by atoms with Crippen LogP contribution in [0.15, 0.2) is 24.3 Å². The van der Waals surface area contributed by atoms with Crippen molar-refractivity contribution >= 4 is 33.1 Å². The van der Waals surface area contributed by atoms with Crippen molar-refractivity contribution in [3.63, 3.8) is 0 Å². The van der Waals surface area contributed by atoms with Crippen LogP contribution in [0, 0.1) is 0 Å². The summed E-state index contributed by atoms with van der Waals surface area (Å²) in [5.74, 6) is 2.61. The number of hydrogen-bond acceptors (Lipinski definition) is 6. The summed E-state index contributed by atoms with van der Waals surface area (Å²) >= 11 is 0. The molecule has 6 rings (SSSR count). The number of benzene rings is 3. The van der Waals surface area contributed by atoms with Gasteiger partial charge in [-0.2, -0.15) is 0 Å². The molecule has 1 amide bonds. The Bertz CT molecular complexity index is 1250. The molecule has 0 saturated carbocycles. The van der Waals surface area contributed by atoms with Gasteiger partial charge < -0.3 is 28.7 Å². The third-order valence-corrected chi connectivity index (χ3v) is 6.89. The predicted octanol–water partition coefficient (Wildman–Crippen LogP) is 4.19. The number of methoxy groups -OCH3 is 2.